The van der Waals surface area contributed by atoms with Crippen LogP contribution in [-0.2, 0) is 0 Å². The molecule has 0 bridgehead atoms. The Bertz CT molecular complexity index is 615. The SMILES string of the molecule is COc1cc([N+](=O)[O-])ccc1Oc1cccc(Cl)c1. The fourth-order valence-corrected chi connectivity index (χ4v) is 1.69. The maximum atomic E-state index is 10.7. The van der Waals surface area contributed by atoms with Gasteiger partial charge in [0.2, 0.25) is 0 Å². The highest BCUT2D eigenvalue weighted by Crippen LogP contribution is 2.34. The van der Waals surface area contributed by atoms with E-state index in [2.05, 4.69) is 0 Å². The first-order valence-electron chi connectivity index (χ1n) is 5.36. The average molecular weight is 280 g/mol. The number of methoxy groups -OCH3 is 1. The zero-order valence-corrected chi connectivity index (χ0v) is 10.8. The van der Waals surface area contributed by atoms with Crippen molar-refractivity contribution in [3.8, 4) is 17.2 Å². The molecule has 0 aromatic heterocycles. The van der Waals surface area contributed by atoms with Crippen molar-refractivity contribution in [3.63, 3.8) is 0 Å². The van der Waals surface area contributed by atoms with Crippen LogP contribution in [0.1, 0.15) is 0 Å². The van der Waals surface area contributed by atoms with Crippen LogP contribution in [0.15, 0.2) is 42.5 Å². The van der Waals surface area contributed by atoms with Crippen LogP contribution < -0.4 is 9.47 Å². The molecule has 0 heterocycles. The number of nitro benzene ring substituents is 1. The van der Waals surface area contributed by atoms with Crippen molar-refractivity contribution < 1.29 is 14.4 Å². The van der Waals surface area contributed by atoms with E-state index in [1.54, 1.807) is 24.3 Å². The summed E-state index contributed by atoms with van der Waals surface area (Å²) >= 11 is 5.85. The molecular weight excluding hydrogens is 270 g/mol. The van der Waals surface area contributed by atoms with Gasteiger partial charge in [0.25, 0.3) is 5.69 Å². The van der Waals surface area contributed by atoms with E-state index < -0.39 is 4.92 Å². The number of ether oxygens (including phenoxy) is 2. The first-order chi connectivity index (χ1) is 9.10. The third kappa shape index (κ3) is 3.14. The highest BCUT2D eigenvalue weighted by Gasteiger charge is 2.12. The van der Waals surface area contributed by atoms with E-state index in [1.807, 2.05) is 0 Å². The van der Waals surface area contributed by atoms with E-state index in [0.29, 0.717) is 16.5 Å². The molecule has 6 heteroatoms. The fourth-order valence-electron chi connectivity index (χ4n) is 1.51. The van der Waals surface area contributed by atoms with E-state index in [0.717, 1.165) is 0 Å². The molecule has 2 aromatic rings. The van der Waals surface area contributed by atoms with Gasteiger partial charge in [-0.3, -0.25) is 10.1 Å². The minimum atomic E-state index is -0.494. The molecular formula is C13H10ClNO4. The molecule has 5 nitrogen and oxygen atoms in total. The van der Waals surface area contributed by atoms with Gasteiger partial charge in [0.1, 0.15) is 5.75 Å². The number of nitro groups is 1. The number of rotatable bonds is 4. The van der Waals surface area contributed by atoms with Crippen LogP contribution in [0.5, 0.6) is 17.2 Å². The summed E-state index contributed by atoms with van der Waals surface area (Å²) < 4.78 is 10.7. The van der Waals surface area contributed by atoms with Gasteiger partial charge in [0.05, 0.1) is 18.1 Å². The molecule has 0 unspecified atom stereocenters. The summed E-state index contributed by atoms with van der Waals surface area (Å²) in [5.41, 5.74) is -0.0599. The second kappa shape index (κ2) is 5.58. The summed E-state index contributed by atoms with van der Waals surface area (Å²) in [6, 6.07) is 11.0. The highest BCUT2D eigenvalue weighted by molar-refractivity contribution is 6.30. The average Bonchev–Trinajstić information content (AvgIpc) is 2.39. The van der Waals surface area contributed by atoms with Crippen molar-refractivity contribution >= 4 is 17.3 Å². The van der Waals surface area contributed by atoms with Gasteiger partial charge in [-0.05, 0) is 24.3 Å². The normalized spacial score (nSPS) is 10.0. The molecule has 0 fully saturated rings. The molecule has 19 heavy (non-hydrogen) atoms. The minimum Gasteiger partial charge on any atom is -0.493 e. The lowest BCUT2D eigenvalue weighted by molar-refractivity contribution is -0.384. The molecule has 0 amide bonds. The summed E-state index contributed by atoms with van der Waals surface area (Å²) in [5, 5.41) is 11.2. The summed E-state index contributed by atoms with van der Waals surface area (Å²) in [6.45, 7) is 0. The van der Waals surface area contributed by atoms with Gasteiger partial charge < -0.3 is 9.47 Å². The number of halogens is 1. The summed E-state index contributed by atoms with van der Waals surface area (Å²) in [4.78, 5) is 10.2. The summed E-state index contributed by atoms with van der Waals surface area (Å²) in [7, 11) is 1.42. The Kier molecular flexibility index (Phi) is 3.87. The highest BCUT2D eigenvalue weighted by atomic mass is 35.5. The van der Waals surface area contributed by atoms with Crippen molar-refractivity contribution in [2.24, 2.45) is 0 Å². The number of non-ortho nitro benzene ring substituents is 1. The molecule has 2 rings (SSSR count). The molecule has 0 atom stereocenters. The largest absolute Gasteiger partial charge is 0.493 e. The van der Waals surface area contributed by atoms with Gasteiger partial charge in [-0.15, -0.1) is 0 Å². The van der Waals surface area contributed by atoms with Crippen LogP contribution in [0.2, 0.25) is 5.02 Å². The van der Waals surface area contributed by atoms with Crippen LogP contribution in [0, 0.1) is 10.1 Å². The van der Waals surface area contributed by atoms with Crippen LogP contribution in [0.3, 0.4) is 0 Å². The maximum absolute atomic E-state index is 10.7. The Morgan fingerprint density at radius 2 is 1.95 bits per heavy atom. The lowest BCUT2D eigenvalue weighted by atomic mass is 10.2. The second-order valence-corrected chi connectivity index (χ2v) is 4.09. The van der Waals surface area contributed by atoms with Crippen LogP contribution >= 0.6 is 11.6 Å². The van der Waals surface area contributed by atoms with E-state index in [4.69, 9.17) is 21.1 Å². The van der Waals surface area contributed by atoms with Gasteiger partial charge in [0, 0.05) is 11.1 Å². The standard InChI is InChI=1S/C13H10ClNO4/c1-18-13-8-10(15(16)17)5-6-12(13)19-11-4-2-3-9(14)7-11/h2-8H,1H3. The minimum absolute atomic E-state index is 0.0599. The third-order valence-corrected chi connectivity index (χ3v) is 2.62. The smallest absolute Gasteiger partial charge is 0.273 e. The number of hydrogen-bond donors (Lipinski definition) is 0. The number of hydrogen-bond acceptors (Lipinski definition) is 4. The zero-order valence-electron chi connectivity index (χ0n) is 10.00. The quantitative estimate of drug-likeness (QED) is 0.626. The topological polar surface area (TPSA) is 61.6 Å². The predicted molar refractivity (Wildman–Crippen MR) is 71.2 cm³/mol. The van der Waals surface area contributed by atoms with Crippen molar-refractivity contribution in [1.29, 1.82) is 0 Å². The van der Waals surface area contributed by atoms with Crippen LogP contribution in [0.25, 0.3) is 0 Å². The lowest BCUT2D eigenvalue weighted by Gasteiger charge is -2.10. The van der Waals surface area contributed by atoms with E-state index in [1.165, 1.54) is 25.3 Å². The molecule has 98 valence electrons. The van der Waals surface area contributed by atoms with E-state index in [9.17, 15) is 10.1 Å². The number of nitrogens with zero attached hydrogens (tertiary/aromatic N) is 1. The lowest BCUT2D eigenvalue weighted by Crippen LogP contribution is -1.93. The maximum Gasteiger partial charge on any atom is 0.273 e. The molecule has 0 spiro atoms. The first kappa shape index (κ1) is 13.2. The van der Waals surface area contributed by atoms with Gasteiger partial charge in [-0.1, -0.05) is 17.7 Å². The monoisotopic (exact) mass is 279 g/mol. The van der Waals surface area contributed by atoms with E-state index >= 15 is 0 Å². The summed E-state index contributed by atoms with van der Waals surface area (Å²) in [6.07, 6.45) is 0. The van der Waals surface area contributed by atoms with E-state index in [-0.39, 0.29) is 11.4 Å². The number of benzene rings is 2. The van der Waals surface area contributed by atoms with Crippen molar-refractivity contribution in [2.45, 2.75) is 0 Å². The van der Waals surface area contributed by atoms with Crippen molar-refractivity contribution in [2.75, 3.05) is 7.11 Å². The van der Waals surface area contributed by atoms with Crippen molar-refractivity contribution in [3.05, 3.63) is 57.6 Å². The van der Waals surface area contributed by atoms with Crippen LogP contribution in [0.4, 0.5) is 5.69 Å². The second-order valence-electron chi connectivity index (χ2n) is 3.65. The molecule has 2 aromatic carbocycles. The Balaban J connectivity index is 2.32. The first-order valence-corrected chi connectivity index (χ1v) is 5.74. The predicted octanol–water partition coefficient (Wildman–Crippen LogP) is 4.05. The third-order valence-electron chi connectivity index (χ3n) is 2.38. The Morgan fingerprint density at radius 3 is 2.58 bits per heavy atom. The zero-order chi connectivity index (χ0) is 13.8. The molecule has 0 N–H and O–H groups in total. The molecule has 0 saturated carbocycles. The van der Waals surface area contributed by atoms with Gasteiger partial charge in [-0.25, -0.2) is 0 Å². The Labute approximate surface area is 114 Å². The molecule has 0 aliphatic rings. The molecule has 0 saturated heterocycles. The Hall–Kier alpha value is -2.27. The Morgan fingerprint density at radius 1 is 1.16 bits per heavy atom. The van der Waals surface area contributed by atoms with Gasteiger partial charge >= 0.3 is 0 Å². The molecule has 0 radical (unpaired) electrons. The molecule has 0 aliphatic carbocycles. The molecule has 0 aliphatic heterocycles. The fraction of sp³-hybridized carbons (Fsp3) is 0.0769. The van der Waals surface area contributed by atoms with Crippen LogP contribution in [-0.4, -0.2) is 12.0 Å². The summed E-state index contributed by atoms with van der Waals surface area (Å²) in [5.74, 6) is 1.20. The van der Waals surface area contributed by atoms with Crippen molar-refractivity contribution in [1.82, 2.24) is 0 Å². The van der Waals surface area contributed by atoms with Gasteiger partial charge in [0.15, 0.2) is 11.5 Å². The van der Waals surface area contributed by atoms with Gasteiger partial charge in [-0.2, -0.15) is 0 Å².